The van der Waals surface area contributed by atoms with Crippen LogP contribution in [0.3, 0.4) is 0 Å². The molecule has 2 rings (SSSR count). The van der Waals surface area contributed by atoms with E-state index in [1.807, 2.05) is 0 Å². The van der Waals surface area contributed by atoms with Crippen molar-refractivity contribution < 1.29 is 19.4 Å². The first-order valence-electron chi connectivity index (χ1n) is 5.88. The van der Waals surface area contributed by atoms with Crippen LogP contribution in [0.5, 0.6) is 17.2 Å². The lowest BCUT2D eigenvalue weighted by atomic mass is 10.2. The summed E-state index contributed by atoms with van der Waals surface area (Å²) in [5.41, 5.74) is 1.06. The van der Waals surface area contributed by atoms with Gasteiger partial charge in [-0.05, 0) is 35.9 Å². The van der Waals surface area contributed by atoms with Crippen molar-refractivity contribution in [3.8, 4) is 17.2 Å². The van der Waals surface area contributed by atoms with Gasteiger partial charge < -0.3 is 14.6 Å². The van der Waals surface area contributed by atoms with Crippen LogP contribution in [0.25, 0.3) is 0 Å². The maximum absolute atomic E-state index is 11.0. The first-order valence-corrected chi connectivity index (χ1v) is 6.26. The number of benzene rings is 2. The van der Waals surface area contributed by atoms with Gasteiger partial charge in [0, 0.05) is 5.02 Å². The molecule has 0 heterocycles. The van der Waals surface area contributed by atoms with Gasteiger partial charge in [0.2, 0.25) is 0 Å². The van der Waals surface area contributed by atoms with E-state index in [1.165, 1.54) is 13.2 Å². The van der Waals surface area contributed by atoms with Crippen LogP contribution in [0.1, 0.15) is 15.9 Å². The minimum atomic E-state index is -0.0861. The van der Waals surface area contributed by atoms with Crippen molar-refractivity contribution in [3.63, 3.8) is 0 Å². The van der Waals surface area contributed by atoms with Crippen molar-refractivity contribution in [1.82, 2.24) is 0 Å². The lowest BCUT2D eigenvalue weighted by Crippen LogP contribution is -1.95. The highest BCUT2D eigenvalue weighted by Gasteiger charge is 2.10. The zero-order chi connectivity index (χ0) is 14.5. The molecule has 1 N–H and O–H groups in total. The second kappa shape index (κ2) is 6.41. The summed E-state index contributed by atoms with van der Waals surface area (Å²) in [7, 11) is 1.51. The summed E-state index contributed by atoms with van der Waals surface area (Å²) < 4.78 is 10.9. The van der Waals surface area contributed by atoms with E-state index in [9.17, 15) is 4.79 Å². The smallest absolute Gasteiger partial charge is 0.169 e. The monoisotopic (exact) mass is 292 g/mol. The molecule has 0 aromatic heterocycles. The standard InChI is InChI=1S/C15H13ClO4/c1-19-15-6-10(8-17)2-4-14(15)20-13-5-3-12(16)7-11(13)9-18/h2-7,9,17H,8H2,1H3. The van der Waals surface area contributed by atoms with Crippen LogP contribution in [0.4, 0.5) is 0 Å². The molecule has 0 atom stereocenters. The van der Waals surface area contributed by atoms with Crippen molar-refractivity contribution in [2.24, 2.45) is 0 Å². The minimum absolute atomic E-state index is 0.0861. The summed E-state index contributed by atoms with van der Waals surface area (Å²) in [4.78, 5) is 11.0. The number of rotatable bonds is 5. The van der Waals surface area contributed by atoms with E-state index < -0.39 is 0 Å². The molecule has 0 fully saturated rings. The summed E-state index contributed by atoms with van der Waals surface area (Å²) >= 11 is 5.83. The predicted octanol–water partition coefficient (Wildman–Crippen LogP) is 3.45. The Hall–Kier alpha value is -2.04. The second-order valence-corrected chi connectivity index (χ2v) is 4.48. The molecule has 0 spiro atoms. The maximum Gasteiger partial charge on any atom is 0.169 e. The Morgan fingerprint density at radius 2 is 1.90 bits per heavy atom. The molecule has 20 heavy (non-hydrogen) atoms. The highest BCUT2D eigenvalue weighted by Crippen LogP contribution is 2.34. The van der Waals surface area contributed by atoms with Crippen LogP contribution in [-0.4, -0.2) is 18.5 Å². The highest BCUT2D eigenvalue weighted by atomic mass is 35.5. The van der Waals surface area contributed by atoms with Crippen molar-refractivity contribution >= 4 is 17.9 Å². The SMILES string of the molecule is COc1cc(CO)ccc1Oc1ccc(Cl)cc1C=O. The summed E-state index contributed by atoms with van der Waals surface area (Å²) in [6, 6.07) is 9.84. The molecule has 4 nitrogen and oxygen atoms in total. The number of aldehydes is 1. The number of hydrogen-bond acceptors (Lipinski definition) is 4. The zero-order valence-corrected chi connectivity index (χ0v) is 11.6. The van der Waals surface area contributed by atoms with Gasteiger partial charge >= 0.3 is 0 Å². The van der Waals surface area contributed by atoms with Crippen LogP contribution in [-0.2, 0) is 6.61 Å². The van der Waals surface area contributed by atoms with E-state index in [1.54, 1.807) is 30.3 Å². The minimum Gasteiger partial charge on any atom is -0.493 e. The Morgan fingerprint density at radius 1 is 1.15 bits per heavy atom. The average Bonchev–Trinajstić information content (AvgIpc) is 2.49. The number of carbonyl (C=O) groups excluding carboxylic acids is 1. The van der Waals surface area contributed by atoms with Crippen LogP contribution < -0.4 is 9.47 Å². The maximum atomic E-state index is 11.0. The molecule has 0 aliphatic heterocycles. The first kappa shape index (κ1) is 14.4. The Kier molecular flexibility index (Phi) is 4.61. The third-order valence-corrected chi connectivity index (χ3v) is 2.96. The van der Waals surface area contributed by atoms with E-state index in [2.05, 4.69) is 0 Å². The Bertz CT molecular complexity index is 625. The van der Waals surface area contributed by atoms with Crippen molar-refractivity contribution in [2.45, 2.75) is 6.61 Å². The van der Waals surface area contributed by atoms with Gasteiger partial charge in [0.1, 0.15) is 5.75 Å². The molecule has 0 bridgehead atoms. The lowest BCUT2D eigenvalue weighted by Gasteiger charge is -2.12. The molecule has 0 saturated heterocycles. The fourth-order valence-electron chi connectivity index (χ4n) is 1.72. The van der Waals surface area contributed by atoms with Crippen molar-refractivity contribution in [3.05, 3.63) is 52.5 Å². The molecule has 0 aliphatic carbocycles. The second-order valence-electron chi connectivity index (χ2n) is 4.05. The molecule has 0 amide bonds. The van der Waals surface area contributed by atoms with Gasteiger partial charge in [-0.3, -0.25) is 4.79 Å². The normalized spacial score (nSPS) is 10.2. The van der Waals surface area contributed by atoms with Gasteiger partial charge in [-0.1, -0.05) is 17.7 Å². The highest BCUT2D eigenvalue weighted by molar-refractivity contribution is 6.30. The number of methoxy groups -OCH3 is 1. The topological polar surface area (TPSA) is 55.8 Å². The zero-order valence-electron chi connectivity index (χ0n) is 10.8. The molecule has 0 saturated carbocycles. The fraction of sp³-hybridized carbons (Fsp3) is 0.133. The summed E-state index contributed by atoms with van der Waals surface area (Å²) in [6.45, 7) is -0.0861. The molecule has 5 heteroatoms. The van der Waals surface area contributed by atoms with Gasteiger partial charge in [-0.15, -0.1) is 0 Å². The van der Waals surface area contributed by atoms with E-state index in [-0.39, 0.29) is 6.61 Å². The van der Waals surface area contributed by atoms with Gasteiger partial charge in [-0.25, -0.2) is 0 Å². The third-order valence-electron chi connectivity index (χ3n) is 2.73. The van der Waals surface area contributed by atoms with Gasteiger partial charge in [0.05, 0.1) is 19.3 Å². The molecular formula is C15H13ClO4. The first-order chi connectivity index (χ1) is 9.67. The van der Waals surface area contributed by atoms with Gasteiger partial charge in [-0.2, -0.15) is 0 Å². The van der Waals surface area contributed by atoms with Crippen LogP contribution in [0, 0.1) is 0 Å². The van der Waals surface area contributed by atoms with E-state index >= 15 is 0 Å². The average molecular weight is 293 g/mol. The van der Waals surface area contributed by atoms with Gasteiger partial charge in [0.25, 0.3) is 0 Å². The number of aliphatic hydroxyl groups is 1. The van der Waals surface area contributed by atoms with E-state index in [4.69, 9.17) is 26.2 Å². The van der Waals surface area contributed by atoms with E-state index in [0.717, 1.165) is 0 Å². The Balaban J connectivity index is 2.37. The summed E-state index contributed by atoms with van der Waals surface area (Å²) in [5, 5.41) is 9.55. The van der Waals surface area contributed by atoms with Crippen molar-refractivity contribution in [2.75, 3.05) is 7.11 Å². The molecule has 104 valence electrons. The fourth-order valence-corrected chi connectivity index (χ4v) is 1.90. The molecule has 2 aromatic rings. The predicted molar refractivity (Wildman–Crippen MR) is 75.8 cm³/mol. The Morgan fingerprint density at radius 3 is 2.55 bits per heavy atom. The molecular weight excluding hydrogens is 280 g/mol. The molecule has 2 aromatic carbocycles. The van der Waals surface area contributed by atoms with Crippen LogP contribution in [0.2, 0.25) is 5.02 Å². The third kappa shape index (κ3) is 3.10. The largest absolute Gasteiger partial charge is 0.493 e. The van der Waals surface area contributed by atoms with Crippen LogP contribution in [0.15, 0.2) is 36.4 Å². The number of halogens is 1. The number of ether oxygens (including phenoxy) is 2. The molecule has 0 radical (unpaired) electrons. The summed E-state index contributed by atoms with van der Waals surface area (Å²) in [5.74, 6) is 1.32. The number of carbonyl (C=O) groups is 1. The number of aliphatic hydroxyl groups excluding tert-OH is 1. The van der Waals surface area contributed by atoms with Crippen LogP contribution >= 0.6 is 11.6 Å². The quantitative estimate of drug-likeness (QED) is 0.858. The molecule has 0 unspecified atom stereocenters. The molecule has 0 aliphatic rings. The van der Waals surface area contributed by atoms with Crippen molar-refractivity contribution in [1.29, 1.82) is 0 Å². The van der Waals surface area contributed by atoms with E-state index in [0.29, 0.717) is 39.7 Å². The number of hydrogen-bond donors (Lipinski definition) is 1. The summed E-state index contributed by atoms with van der Waals surface area (Å²) in [6.07, 6.45) is 0.676. The van der Waals surface area contributed by atoms with Gasteiger partial charge in [0.15, 0.2) is 17.8 Å². The lowest BCUT2D eigenvalue weighted by molar-refractivity contribution is 0.112. The Labute approximate surface area is 121 Å².